The molecular weight excluding hydrogens is 348 g/mol. The summed E-state index contributed by atoms with van der Waals surface area (Å²) in [4.78, 5) is 12.3. The molecule has 0 heterocycles. The lowest BCUT2D eigenvalue weighted by molar-refractivity contribution is 0.0954. The average Bonchev–Trinajstić information content (AvgIpc) is 2.60. The third-order valence-corrected chi connectivity index (χ3v) is 4.73. The van der Waals surface area contributed by atoms with Gasteiger partial charge in [-0.1, -0.05) is 50.3 Å². The van der Waals surface area contributed by atoms with E-state index < -0.39 is 10.0 Å². The molecule has 2 aromatic carbocycles. The Kier molecular flexibility index (Phi) is 6.71. The Morgan fingerprint density at radius 1 is 1.08 bits per heavy atom. The van der Waals surface area contributed by atoms with Crippen molar-refractivity contribution in [3.63, 3.8) is 0 Å². The molecule has 0 saturated carbocycles. The van der Waals surface area contributed by atoms with Crippen LogP contribution in [0.1, 0.15) is 35.3 Å². The van der Waals surface area contributed by atoms with Crippen molar-refractivity contribution in [1.82, 2.24) is 5.32 Å². The predicted molar refractivity (Wildman–Crippen MR) is 104 cm³/mol. The Bertz CT molecular complexity index is 868. The maximum Gasteiger partial charge on any atom is 0.251 e. The van der Waals surface area contributed by atoms with Gasteiger partial charge in [0.15, 0.2) is 0 Å². The molecule has 0 spiro atoms. The van der Waals surface area contributed by atoms with Crippen molar-refractivity contribution in [3.05, 3.63) is 71.3 Å². The summed E-state index contributed by atoms with van der Waals surface area (Å²) < 4.78 is 22.4. The fourth-order valence-corrected chi connectivity index (χ4v) is 2.83. The molecule has 2 aromatic rings. The predicted octanol–water partition coefficient (Wildman–Crippen LogP) is 2.98. The molecule has 0 aromatic heterocycles. The summed E-state index contributed by atoms with van der Waals surface area (Å²) in [6.45, 7) is 4.68. The number of hydrogen-bond donors (Lipinski definition) is 2. The highest BCUT2D eigenvalue weighted by Gasteiger charge is 2.07. The van der Waals surface area contributed by atoms with Crippen molar-refractivity contribution in [2.24, 2.45) is 11.1 Å². The van der Waals surface area contributed by atoms with E-state index in [9.17, 15) is 13.2 Å². The van der Waals surface area contributed by atoms with Gasteiger partial charge in [-0.15, -0.1) is 0 Å². The molecule has 0 aliphatic carbocycles. The zero-order chi connectivity index (χ0) is 19.2. The number of carbonyl (C=O) groups is 1. The highest BCUT2D eigenvalue weighted by atomic mass is 32.2. The maximum absolute atomic E-state index is 12.2. The first-order valence-corrected chi connectivity index (χ1v) is 9.98. The van der Waals surface area contributed by atoms with Crippen LogP contribution < -0.4 is 10.5 Å². The quantitative estimate of drug-likeness (QED) is 0.783. The summed E-state index contributed by atoms with van der Waals surface area (Å²) in [5.74, 6) is 0.350. The van der Waals surface area contributed by atoms with Crippen LogP contribution in [0.15, 0.2) is 59.5 Å². The smallest absolute Gasteiger partial charge is 0.251 e. The van der Waals surface area contributed by atoms with Crippen LogP contribution in [0.5, 0.6) is 0 Å². The monoisotopic (exact) mass is 372 g/mol. The Morgan fingerprint density at radius 2 is 1.69 bits per heavy atom. The standard InChI is InChI=1S/C20H24N2O3S/c1-15(2)3-4-16-5-9-18(10-6-16)20(23)22-14-13-17-7-11-19(12-8-17)26(21,24)25/h3-12,15H,13-14H2,1-2H3,(H,22,23)(H2,21,24,25). The first kappa shape index (κ1) is 19.9. The maximum atomic E-state index is 12.2. The summed E-state index contributed by atoms with van der Waals surface area (Å²) in [6.07, 6.45) is 4.75. The number of nitrogens with one attached hydrogen (secondary N) is 1. The minimum atomic E-state index is -3.68. The molecule has 0 fully saturated rings. The van der Waals surface area contributed by atoms with E-state index in [4.69, 9.17) is 5.14 Å². The second-order valence-electron chi connectivity index (χ2n) is 6.42. The summed E-state index contributed by atoms with van der Waals surface area (Å²) in [5.41, 5.74) is 2.59. The van der Waals surface area contributed by atoms with Crippen molar-refractivity contribution in [2.75, 3.05) is 6.54 Å². The summed E-state index contributed by atoms with van der Waals surface area (Å²) in [7, 11) is -3.68. The van der Waals surface area contributed by atoms with Gasteiger partial charge in [-0.25, -0.2) is 13.6 Å². The highest BCUT2D eigenvalue weighted by molar-refractivity contribution is 7.89. The Hall–Kier alpha value is -2.44. The van der Waals surface area contributed by atoms with E-state index in [2.05, 4.69) is 25.2 Å². The Balaban J connectivity index is 1.86. The van der Waals surface area contributed by atoms with Crippen molar-refractivity contribution < 1.29 is 13.2 Å². The number of benzene rings is 2. The van der Waals surface area contributed by atoms with Gasteiger partial charge >= 0.3 is 0 Å². The second kappa shape index (κ2) is 8.78. The highest BCUT2D eigenvalue weighted by Crippen LogP contribution is 2.10. The topological polar surface area (TPSA) is 89.3 Å². The number of rotatable bonds is 7. The molecule has 0 unspecified atom stereocenters. The van der Waals surface area contributed by atoms with Gasteiger partial charge in [-0.2, -0.15) is 0 Å². The summed E-state index contributed by atoms with van der Waals surface area (Å²) in [5, 5.41) is 7.93. The lowest BCUT2D eigenvalue weighted by Crippen LogP contribution is -2.25. The third-order valence-electron chi connectivity index (χ3n) is 3.80. The van der Waals surface area contributed by atoms with Crippen LogP contribution in [0.3, 0.4) is 0 Å². The minimum Gasteiger partial charge on any atom is -0.352 e. The van der Waals surface area contributed by atoms with Crippen LogP contribution >= 0.6 is 0 Å². The van der Waals surface area contributed by atoms with E-state index in [0.717, 1.165) is 11.1 Å². The molecule has 138 valence electrons. The van der Waals surface area contributed by atoms with Gasteiger partial charge in [0, 0.05) is 12.1 Å². The van der Waals surface area contributed by atoms with E-state index in [0.29, 0.717) is 24.4 Å². The molecule has 0 aliphatic rings. The van der Waals surface area contributed by atoms with Gasteiger partial charge in [0.25, 0.3) is 5.91 Å². The zero-order valence-corrected chi connectivity index (χ0v) is 15.8. The molecule has 0 aliphatic heterocycles. The van der Waals surface area contributed by atoms with E-state index in [1.807, 2.05) is 18.2 Å². The number of nitrogens with two attached hydrogens (primary N) is 1. The van der Waals surface area contributed by atoms with Crippen molar-refractivity contribution in [1.29, 1.82) is 0 Å². The van der Waals surface area contributed by atoms with Gasteiger partial charge in [0.1, 0.15) is 0 Å². The molecule has 1 amide bonds. The van der Waals surface area contributed by atoms with Crippen LogP contribution in [-0.4, -0.2) is 20.9 Å². The summed E-state index contributed by atoms with van der Waals surface area (Å²) in [6, 6.07) is 13.8. The van der Waals surface area contributed by atoms with Crippen LogP contribution in [0.25, 0.3) is 6.08 Å². The van der Waals surface area contributed by atoms with Crippen molar-refractivity contribution in [3.8, 4) is 0 Å². The molecule has 0 radical (unpaired) electrons. The third kappa shape index (κ3) is 6.13. The molecule has 0 saturated heterocycles. The normalized spacial score (nSPS) is 11.8. The second-order valence-corrected chi connectivity index (χ2v) is 7.98. The molecule has 5 nitrogen and oxygen atoms in total. The molecule has 6 heteroatoms. The molecule has 0 bridgehead atoms. The van der Waals surface area contributed by atoms with Crippen molar-refractivity contribution in [2.45, 2.75) is 25.2 Å². The van der Waals surface area contributed by atoms with E-state index in [1.54, 1.807) is 24.3 Å². The van der Waals surface area contributed by atoms with Crippen LogP contribution in [0.4, 0.5) is 0 Å². The van der Waals surface area contributed by atoms with E-state index in [1.165, 1.54) is 12.1 Å². The summed E-state index contributed by atoms with van der Waals surface area (Å²) >= 11 is 0. The molecule has 0 atom stereocenters. The van der Waals surface area contributed by atoms with Crippen LogP contribution in [0, 0.1) is 5.92 Å². The number of carbonyl (C=O) groups excluding carboxylic acids is 1. The van der Waals surface area contributed by atoms with E-state index in [-0.39, 0.29) is 10.8 Å². The van der Waals surface area contributed by atoms with Gasteiger partial charge in [0.05, 0.1) is 4.90 Å². The lowest BCUT2D eigenvalue weighted by Gasteiger charge is -2.06. The first-order valence-electron chi connectivity index (χ1n) is 8.44. The Morgan fingerprint density at radius 3 is 2.23 bits per heavy atom. The van der Waals surface area contributed by atoms with Gasteiger partial charge in [-0.05, 0) is 47.7 Å². The number of sulfonamides is 1. The van der Waals surface area contributed by atoms with Gasteiger partial charge < -0.3 is 5.32 Å². The van der Waals surface area contributed by atoms with Gasteiger partial charge in [-0.3, -0.25) is 4.79 Å². The number of amides is 1. The molecule has 26 heavy (non-hydrogen) atoms. The molecular formula is C20H24N2O3S. The number of primary sulfonamides is 1. The fourth-order valence-electron chi connectivity index (χ4n) is 2.32. The fraction of sp³-hybridized carbons (Fsp3) is 0.250. The SMILES string of the molecule is CC(C)C=Cc1ccc(C(=O)NCCc2ccc(S(N)(=O)=O)cc2)cc1. The number of allylic oxidation sites excluding steroid dienone is 1. The van der Waals surface area contributed by atoms with E-state index >= 15 is 0 Å². The molecule has 3 N–H and O–H groups in total. The Labute approximate surface area is 155 Å². The largest absolute Gasteiger partial charge is 0.352 e. The zero-order valence-electron chi connectivity index (χ0n) is 15.0. The lowest BCUT2D eigenvalue weighted by atomic mass is 10.1. The van der Waals surface area contributed by atoms with Gasteiger partial charge in [0.2, 0.25) is 10.0 Å². The average molecular weight is 372 g/mol. The first-order chi connectivity index (χ1) is 12.3. The van der Waals surface area contributed by atoms with Crippen LogP contribution in [-0.2, 0) is 16.4 Å². The minimum absolute atomic E-state index is 0.0805. The van der Waals surface area contributed by atoms with Crippen LogP contribution in [0.2, 0.25) is 0 Å². The van der Waals surface area contributed by atoms with Crippen molar-refractivity contribution >= 4 is 22.0 Å². The molecule has 2 rings (SSSR count). The number of hydrogen-bond acceptors (Lipinski definition) is 3.